The molecule has 0 amide bonds. The Labute approximate surface area is 317 Å². The molecule has 9 aromatic carbocycles. The maximum atomic E-state index is 6.85. The van der Waals surface area contributed by atoms with Crippen molar-refractivity contribution in [1.29, 1.82) is 0 Å². The van der Waals surface area contributed by atoms with Gasteiger partial charge in [0, 0.05) is 50.3 Å². The van der Waals surface area contributed by atoms with E-state index in [4.69, 9.17) is 8.83 Å². The van der Waals surface area contributed by atoms with Gasteiger partial charge in [-0.1, -0.05) is 84.9 Å². The van der Waals surface area contributed by atoms with Crippen molar-refractivity contribution in [3.05, 3.63) is 194 Å². The highest BCUT2D eigenvalue weighted by molar-refractivity contribution is 6.25. The molecule has 55 heavy (non-hydrogen) atoms. The Kier molecular flexibility index (Phi) is 7.04. The number of anilines is 6. The summed E-state index contributed by atoms with van der Waals surface area (Å²) in [5.74, 6) is 0. The Morgan fingerprint density at radius 1 is 0.327 bits per heavy atom. The first-order valence-corrected chi connectivity index (χ1v) is 18.7. The molecule has 0 atom stereocenters. The van der Waals surface area contributed by atoms with Crippen LogP contribution >= 0.6 is 0 Å². The molecule has 0 fully saturated rings. The summed E-state index contributed by atoms with van der Waals surface area (Å²) < 4.78 is 13.5. The molecule has 0 saturated heterocycles. The summed E-state index contributed by atoms with van der Waals surface area (Å²) in [5.41, 5.74) is 11.1. The largest absolute Gasteiger partial charge is 0.456 e. The van der Waals surface area contributed by atoms with Gasteiger partial charge in [-0.3, -0.25) is 0 Å². The smallest absolute Gasteiger partial charge is 0.147 e. The van der Waals surface area contributed by atoms with Crippen molar-refractivity contribution in [2.24, 2.45) is 0 Å². The van der Waals surface area contributed by atoms with Gasteiger partial charge in [-0.15, -0.1) is 0 Å². The third-order valence-corrected chi connectivity index (χ3v) is 10.8. The van der Waals surface area contributed by atoms with Gasteiger partial charge < -0.3 is 18.6 Å². The molecular weight excluding hydrogens is 673 g/mol. The minimum absolute atomic E-state index is 0.846. The summed E-state index contributed by atoms with van der Waals surface area (Å²) in [6.07, 6.45) is 0. The van der Waals surface area contributed by atoms with E-state index in [-0.39, 0.29) is 0 Å². The molecule has 4 heteroatoms. The van der Waals surface area contributed by atoms with Crippen LogP contribution in [0.4, 0.5) is 34.1 Å². The van der Waals surface area contributed by atoms with Crippen molar-refractivity contribution in [3.63, 3.8) is 0 Å². The van der Waals surface area contributed by atoms with E-state index >= 15 is 0 Å². The van der Waals surface area contributed by atoms with Crippen molar-refractivity contribution < 1.29 is 8.83 Å². The number of para-hydroxylation sites is 4. The second-order valence-electron chi connectivity index (χ2n) is 14.3. The number of rotatable bonds is 6. The van der Waals surface area contributed by atoms with Crippen LogP contribution in [0.2, 0.25) is 0 Å². The molecule has 11 aromatic rings. The second-order valence-corrected chi connectivity index (χ2v) is 14.3. The Bertz CT molecular complexity index is 3130. The molecule has 0 aliphatic rings. The van der Waals surface area contributed by atoms with Crippen molar-refractivity contribution >= 4 is 99.5 Å². The number of fused-ring (bicyclic) bond motifs is 9. The molecule has 0 spiro atoms. The number of hydrogen-bond donors (Lipinski definition) is 0. The van der Waals surface area contributed by atoms with E-state index in [0.29, 0.717) is 0 Å². The number of hydrogen-bond acceptors (Lipinski definition) is 4. The summed E-state index contributed by atoms with van der Waals surface area (Å²) in [7, 11) is 0. The standard InChI is InChI=1S/C51H34N2O2/c1-33-26-45-44-29-34-22-24-42(52(38-14-6-2-7-15-38)39-16-8-3-9-17-39)27-36(34)31-47(44)55-51(45)49-46-30-35-23-25-43(28-37(35)32-48(46)54-50(33)49)53(40-18-10-4-11-19-40)41-20-12-5-13-21-41/h2-32H,1H3. The van der Waals surface area contributed by atoms with E-state index in [2.05, 4.69) is 205 Å². The van der Waals surface area contributed by atoms with E-state index in [1.807, 2.05) is 0 Å². The fraction of sp³-hybridized carbons (Fsp3) is 0.0196. The molecular formula is C51H34N2O2. The van der Waals surface area contributed by atoms with Gasteiger partial charge in [0.05, 0.1) is 5.39 Å². The molecule has 0 aliphatic heterocycles. The van der Waals surface area contributed by atoms with E-state index in [0.717, 1.165) is 105 Å². The summed E-state index contributed by atoms with van der Waals surface area (Å²) >= 11 is 0. The van der Waals surface area contributed by atoms with Gasteiger partial charge in [0.15, 0.2) is 0 Å². The molecule has 11 rings (SSSR count). The highest BCUT2D eigenvalue weighted by atomic mass is 16.3. The van der Waals surface area contributed by atoms with Crippen LogP contribution in [0.15, 0.2) is 197 Å². The zero-order chi connectivity index (χ0) is 36.5. The average molecular weight is 707 g/mol. The van der Waals surface area contributed by atoms with Gasteiger partial charge in [0.25, 0.3) is 0 Å². The van der Waals surface area contributed by atoms with Gasteiger partial charge in [-0.25, -0.2) is 0 Å². The molecule has 2 heterocycles. The van der Waals surface area contributed by atoms with Crippen LogP contribution in [0.5, 0.6) is 0 Å². The Hall–Kier alpha value is -7.30. The number of nitrogens with zero attached hydrogens (tertiary/aromatic N) is 2. The lowest BCUT2D eigenvalue weighted by molar-refractivity contribution is 0.661. The van der Waals surface area contributed by atoms with Gasteiger partial charge in [0.1, 0.15) is 22.3 Å². The Morgan fingerprint density at radius 3 is 1.22 bits per heavy atom. The fourth-order valence-electron chi connectivity index (χ4n) is 8.27. The molecule has 0 aliphatic carbocycles. The van der Waals surface area contributed by atoms with Crippen LogP contribution in [-0.4, -0.2) is 0 Å². The highest BCUT2D eigenvalue weighted by Gasteiger charge is 2.21. The van der Waals surface area contributed by atoms with Crippen LogP contribution in [-0.2, 0) is 0 Å². The van der Waals surface area contributed by atoms with Gasteiger partial charge in [-0.2, -0.15) is 0 Å². The van der Waals surface area contributed by atoms with Crippen LogP contribution in [0, 0.1) is 6.92 Å². The maximum Gasteiger partial charge on any atom is 0.147 e. The van der Waals surface area contributed by atoms with Gasteiger partial charge in [0.2, 0.25) is 0 Å². The SMILES string of the molecule is Cc1cc2c3cc4ccc(N(c5ccccc5)c5ccccc5)cc4cc3oc2c2c1oc1cc3cc(N(c4ccccc4)c4ccccc4)ccc3cc12. The van der Waals surface area contributed by atoms with Crippen molar-refractivity contribution in [1.82, 2.24) is 0 Å². The van der Waals surface area contributed by atoms with Crippen molar-refractivity contribution in [2.75, 3.05) is 9.80 Å². The molecule has 0 saturated carbocycles. The summed E-state index contributed by atoms with van der Waals surface area (Å²) in [4.78, 5) is 4.58. The molecule has 0 unspecified atom stereocenters. The Morgan fingerprint density at radius 2 is 0.745 bits per heavy atom. The predicted molar refractivity (Wildman–Crippen MR) is 230 cm³/mol. The zero-order valence-electron chi connectivity index (χ0n) is 30.1. The minimum Gasteiger partial charge on any atom is -0.456 e. The van der Waals surface area contributed by atoms with Crippen molar-refractivity contribution in [2.45, 2.75) is 6.92 Å². The summed E-state index contributed by atoms with van der Waals surface area (Å²) in [6, 6.07) is 66.5. The molecule has 260 valence electrons. The first kappa shape index (κ1) is 31.2. The molecule has 0 N–H and O–H groups in total. The minimum atomic E-state index is 0.846. The van der Waals surface area contributed by atoms with Crippen LogP contribution in [0.1, 0.15) is 5.56 Å². The highest BCUT2D eigenvalue weighted by Crippen LogP contribution is 2.44. The number of benzene rings is 9. The quantitative estimate of drug-likeness (QED) is 0.172. The fourth-order valence-corrected chi connectivity index (χ4v) is 8.27. The zero-order valence-corrected chi connectivity index (χ0v) is 30.1. The lowest BCUT2D eigenvalue weighted by Gasteiger charge is -2.25. The van der Waals surface area contributed by atoms with E-state index in [9.17, 15) is 0 Å². The van der Waals surface area contributed by atoms with E-state index in [1.165, 1.54) is 0 Å². The topological polar surface area (TPSA) is 32.8 Å². The second kappa shape index (κ2) is 12.4. The van der Waals surface area contributed by atoms with Crippen molar-refractivity contribution in [3.8, 4) is 0 Å². The Balaban J connectivity index is 1.06. The van der Waals surface area contributed by atoms with Gasteiger partial charge in [-0.05, 0) is 137 Å². The first-order chi connectivity index (χ1) is 27.2. The first-order valence-electron chi connectivity index (χ1n) is 18.7. The van der Waals surface area contributed by atoms with Crippen LogP contribution in [0.3, 0.4) is 0 Å². The summed E-state index contributed by atoms with van der Waals surface area (Å²) in [6.45, 7) is 2.13. The lowest BCUT2D eigenvalue weighted by Crippen LogP contribution is -2.09. The number of furan rings is 2. The lowest BCUT2D eigenvalue weighted by atomic mass is 10.0. The third kappa shape index (κ3) is 5.14. The van der Waals surface area contributed by atoms with Crippen LogP contribution in [0.25, 0.3) is 65.4 Å². The predicted octanol–water partition coefficient (Wildman–Crippen LogP) is 15.0. The third-order valence-electron chi connectivity index (χ3n) is 10.8. The molecule has 4 nitrogen and oxygen atoms in total. The summed E-state index contributed by atoms with van der Waals surface area (Å²) in [5, 5.41) is 8.81. The maximum absolute atomic E-state index is 6.85. The van der Waals surface area contributed by atoms with E-state index < -0.39 is 0 Å². The average Bonchev–Trinajstić information content (AvgIpc) is 3.78. The van der Waals surface area contributed by atoms with Gasteiger partial charge >= 0.3 is 0 Å². The van der Waals surface area contributed by atoms with E-state index in [1.54, 1.807) is 0 Å². The monoisotopic (exact) mass is 706 g/mol. The molecule has 2 aromatic heterocycles. The van der Waals surface area contributed by atoms with Crippen LogP contribution < -0.4 is 9.80 Å². The molecule has 0 radical (unpaired) electrons. The number of aryl methyl sites for hydroxylation is 1. The molecule has 0 bridgehead atoms. The normalized spacial score (nSPS) is 11.7.